The molecule has 32 heavy (non-hydrogen) atoms. The van der Waals surface area contributed by atoms with Crippen LogP contribution in [0.15, 0.2) is 59.7 Å². The zero-order chi connectivity index (χ0) is 21.7. The molecular formula is C26H22N6. The van der Waals surface area contributed by atoms with Crippen LogP contribution in [0.5, 0.6) is 0 Å². The summed E-state index contributed by atoms with van der Waals surface area (Å²) >= 11 is 0. The second-order valence-electron chi connectivity index (χ2n) is 8.48. The van der Waals surface area contributed by atoms with Gasteiger partial charge in [-0.1, -0.05) is 18.2 Å². The molecule has 0 bridgehead atoms. The fourth-order valence-electron chi connectivity index (χ4n) is 4.95. The quantitative estimate of drug-likeness (QED) is 0.464. The van der Waals surface area contributed by atoms with Crippen LogP contribution in [0.3, 0.4) is 0 Å². The Hall–Kier alpha value is -3.98. The van der Waals surface area contributed by atoms with Gasteiger partial charge in [0.1, 0.15) is 6.07 Å². The van der Waals surface area contributed by atoms with Gasteiger partial charge in [0.25, 0.3) is 0 Å². The van der Waals surface area contributed by atoms with Gasteiger partial charge in [0.15, 0.2) is 0 Å². The molecule has 0 saturated heterocycles. The molecule has 6 nitrogen and oxygen atoms in total. The Morgan fingerprint density at radius 2 is 2.06 bits per heavy atom. The van der Waals surface area contributed by atoms with Crippen molar-refractivity contribution in [2.24, 2.45) is 4.99 Å². The number of nitriles is 1. The molecule has 1 atom stereocenters. The van der Waals surface area contributed by atoms with E-state index in [2.05, 4.69) is 69.0 Å². The van der Waals surface area contributed by atoms with E-state index in [0.717, 1.165) is 48.2 Å². The Morgan fingerprint density at radius 3 is 2.91 bits per heavy atom. The summed E-state index contributed by atoms with van der Waals surface area (Å²) in [5.41, 5.74) is 7.30. The molecule has 0 amide bonds. The second-order valence-corrected chi connectivity index (χ2v) is 8.48. The van der Waals surface area contributed by atoms with Gasteiger partial charge in [-0.2, -0.15) is 10.4 Å². The Kier molecular flexibility index (Phi) is 4.29. The van der Waals surface area contributed by atoms with Gasteiger partial charge in [0.05, 0.1) is 41.4 Å². The fraction of sp³-hybridized carbons (Fsp3) is 0.231. The van der Waals surface area contributed by atoms with E-state index in [1.807, 2.05) is 18.3 Å². The number of pyridine rings is 1. The Bertz CT molecular complexity index is 1470. The summed E-state index contributed by atoms with van der Waals surface area (Å²) in [6, 6.07) is 17.1. The molecule has 6 heteroatoms. The average Bonchev–Trinajstić information content (AvgIpc) is 3.22. The van der Waals surface area contributed by atoms with Crippen LogP contribution in [-0.2, 0) is 6.54 Å². The summed E-state index contributed by atoms with van der Waals surface area (Å²) in [4.78, 5) is 11.2. The molecule has 4 heterocycles. The van der Waals surface area contributed by atoms with Gasteiger partial charge >= 0.3 is 0 Å². The molecule has 2 aromatic heterocycles. The number of dihydropyridines is 1. The van der Waals surface area contributed by atoms with Crippen molar-refractivity contribution in [2.45, 2.75) is 25.9 Å². The predicted molar refractivity (Wildman–Crippen MR) is 128 cm³/mol. The van der Waals surface area contributed by atoms with E-state index < -0.39 is 0 Å². The molecule has 6 rings (SSSR count). The van der Waals surface area contributed by atoms with E-state index in [4.69, 9.17) is 5.10 Å². The lowest BCUT2D eigenvalue weighted by Gasteiger charge is -2.34. The van der Waals surface area contributed by atoms with Crippen LogP contribution < -0.4 is 4.90 Å². The summed E-state index contributed by atoms with van der Waals surface area (Å²) in [6.45, 7) is 4.59. The lowest BCUT2D eigenvalue weighted by Crippen LogP contribution is -2.36. The normalized spacial score (nSPS) is 17.9. The highest BCUT2D eigenvalue weighted by atomic mass is 15.4. The molecule has 0 radical (unpaired) electrons. The zero-order valence-electron chi connectivity index (χ0n) is 17.9. The summed E-state index contributed by atoms with van der Waals surface area (Å²) in [7, 11) is 0. The van der Waals surface area contributed by atoms with E-state index in [0.29, 0.717) is 5.56 Å². The van der Waals surface area contributed by atoms with Crippen LogP contribution >= 0.6 is 0 Å². The Balaban J connectivity index is 1.42. The first-order valence-electron chi connectivity index (χ1n) is 10.9. The summed E-state index contributed by atoms with van der Waals surface area (Å²) in [5.74, 6) is 0. The standard InChI is InChI=1S/C26H22N6/c1-17-15-31(24-7-5-20(14-27)26-22(24)3-2-10-29-26)16-25-21-6-4-19(13-23(21)30-32(17)25)18-8-11-28-12-9-18/h2-8,10,12-13,17H,9,11,15-16H2,1H3/t17-/m1/s1. The third-order valence-electron chi connectivity index (χ3n) is 6.51. The maximum Gasteiger partial charge on any atom is 0.101 e. The summed E-state index contributed by atoms with van der Waals surface area (Å²) in [6.07, 6.45) is 6.82. The van der Waals surface area contributed by atoms with Gasteiger partial charge in [-0.05, 0) is 48.4 Å². The van der Waals surface area contributed by atoms with Crippen molar-refractivity contribution < 1.29 is 0 Å². The average molecular weight is 419 g/mol. The van der Waals surface area contributed by atoms with E-state index in [1.54, 1.807) is 6.20 Å². The van der Waals surface area contributed by atoms with Crippen LogP contribution in [0.2, 0.25) is 0 Å². The number of aliphatic imine (C=N–C) groups is 1. The largest absolute Gasteiger partial charge is 0.363 e. The fourth-order valence-corrected chi connectivity index (χ4v) is 4.95. The molecule has 4 aromatic rings. The number of nitrogens with zero attached hydrogens (tertiary/aromatic N) is 6. The highest BCUT2D eigenvalue weighted by Crippen LogP contribution is 2.35. The minimum absolute atomic E-state index is 0.234. The monoisotopic (exact) mass is 418 g/mol. The molecule has 0 N–H and O–H groups in total. The van der Waals surface area contributed by atoms with Crippen LogP contribution in [0, 0.1) is 11.3 Å². The SMILES string of the molecule is C[C@@H]1CN(c2ccc(C#N)c3ncccc23)Cc2c3ccc(C4=CCN=CC4)cc3nn21. The van der Waals surface area contributed by atoms with E-state index in [-0.39, 0.29) is 6.04 Å². The zero-order valence-corrected chi connectivity index (χ0v) is 17.9. The lowest BCUT2D eigenvalue weighted by atomic mass is 9.99. The highest BCUT2D eigenvalue weighted by molar-refractivity contribution is 5.95. The van der Waals surface area contributed by atoms with Gasteiger partial charge in [-0.25, -0.2) is 0 Å². The third kappa shape index (κ3) is 2.89. The molecule has 2 aromatic carbocycles. The predicted octanol–water partition coefficient (Wildman–Crippen LogP) is 4.90. The first kappa shape index (κ1) is 18.8. The number of aromatic nitrogens is 3. The van der Waals surface area contributed by atoms with Gasteiger partial charge in [0.2, 0.25) is 0 Å². The van der Waals surface area contributed by atoms with Crippen molar-refractivity contribution >= 4 is 39.3 Å². The van der Waals surface area contributed by atoms with Gasteiger partial charge in [-0.15, -0.1) is 0 Å². The van der Waals surface area contributed by atoms with Crippen molar-refractivity contribution in [1.29, 1.82) is 5.26 Å². The molecule has 0 unspecified atom stereocenters. The van der Waals surface area contributed by atoms with Crippen molar-refractivity contribution in [2.75, 3.05) is 18.0 Å². The Labute approximate surface area is 186 Å². The number of fused-ring (bicyclic) bond motifs is 4. The van der Waals surface area contributed by atoms with Crippen molar-refractivity contribution in [3.63, 3.8) is 0 Å². The number of allylic oxidation sites excluding steroid dienone is 1. The number of benzene rings is 2. The number of rotatable bonds is 2. The topological polar surface area (TPSA) is 70.1 Å². The van der Waals surface area contributed by atoms with E-state index in [1.165, 1.54) is 22.2 Å². The molecule has 0 fully saturated rings. The molecule has 0 saturated carbocycles. The summed E-state index contributed by atoms with van der Waals surface area (Å²) in [5, 5.41) is 16.7. The Morgan fingerprint density at radius 1 is 1.12 bits per heavy atom. The maximum absolute atomic E-state index is 9.49. The second kappa shape index (κ2) is 7.31. The van der Waals surface area contributed by atoms with Gasteiger partial charge < -0.3 is 4.90 Å². The molecule has 2 aliphatic heterocycles. The third-order valence-corrected chi connectivity index (χ3v) is 6.51. The molecule has 2 aliphatic rings. The lowest BCUT2D eigenvalue weighted by molar-refractivity contribution is 0.430. The van der Waals surface area contributed by atoms with E-state index >= 15 is 0 Å². The number of anilines is 1. The molecule has 156 valence electrons. The number of hydrogen-bond acceptors (Lipinski definition) is 5. The first-order valence-corrected chi connectivity index (χ1v) is 10.9. The van der Waals surface area contributed by atoms with Crippen LogP contribution in [-0.4, -0.2) is 34.1 Å². The highest BCUT2D eigenvalue weighted by Gasteiger charge is 2.27. The van der Waals surface area contributed by atoms with Crippen molar-refractivity contribution in [3.05, 3.63) is 71.6 Å². The summed E-state index contributed by atoms with van der Waals surface area (Å²) < 4.78 is 2.19. The van der Waals surface area contributed by atoms with E-state index in [9.17, 15) is 5.26 Å². The first-order chi connectivity index (χ1) is 15.7. The van der Waals surface area contributed by atoms with Crippen LogP contribution in [0.25, 0.3) is 27.4 Å². The van der Waals surface area contributed by atoms with Crippen LogP contribution in [0.4, 0.5) is 5.69 Å². The minimum Gasteiger partial charge on any atom is -0.363 e. The minimum atomic E-state index is 0.234. The smallest absolute Gasteiger partial charge is 0.101 e. The molecule has 0 spiro atoms. The van der Waals surface area contributed by atoms with Crippen molar-refractivity contribution in [3.8, 4) is 6.07 Å². The molecule has 0 aliphatic carbocycles. The van der Waals surface area contributed by atoms with Crippen molar-refractivity contribution in [1.82, 2.24) is 14.8 Å². The number of hydrogen-bond donors (Lipinski definition) is 0. The van der Waals surface area contributed by atoms with Crippen LogP contribution in [0.1, 0.15) is 36.2 Å². The maximum atomic E-state index is 9.49. The van der Waals surface area contributed by atoms with Gasteiger partial charge in [0, 0.05) is 41.8 Å². The molecular weight excluding hydrogens is 396 g/mol. The van der Waals surface area contributed by atoms with Gasteiger partial charge in [-0.3, -0.25) is 14.7 Å².